The van der Waals surface area contributed by atoms with E-state index in [0.717, 1.165) is 19.5 Å². The van der Waals surface area contributed by atoms with Gasteiger partial charge in [0.15, 0.2) is 0 Å². The lowest BCUT2D eigenvalue weighted by molar-refractivity contribution is -0.138. The smallest absolute Gasteiger partial charge is 0.303 e. The number of nitrogens with two attached hydrogens (primary N) is 1. The standard InChI is InChI=1S/C7H14N2O2/c8-6-4-9-2-1-5(6)3-7(10)11/h5-6,9H,1-4,8H2,(H,10,11)/t5-,6+/m1/s1. The van der Waals surface area contributed by atoms with Gasteiger partial charge in [-0.25, -0.2) is 0 Å². The van der Waals surface area contributed by atoms with E-state index in [4.69, 9.17) is 10.8 Å². The normalized spacial score (nSPS) is 31.7. The summed E-state index contributed by atoms with van der Waals surface area (Å²) < 4.78 is 0. The number of carboxylic acids is 1. The van der Waals surface area contributed by atoms with Crippen molar-refractivity contribution in [2.75, 3.05) is 13.1 Å². The van der Waals surface area contributed by atoms with Gasteiger partial charge in [-0.2, -0.15) is 0 Å². The molecule has 4 nitrogen and oxygen atoms in total. The molecule has 0 bridgehead atoms. The molecule has 0 aromatic rings. The average Bonchev–Trinajstić information content (AvgIpc) is 1.93. The number of rotatable bonds is 2. The monoisotopic (exact) mass is 158 g/mol. The molecule has 0 aromatic carbocycles. The predicted octanol–water partition coefficient (Wildman–Crippen LogP) is -0.602. The van der Waals surface area contributed by atoms with Crippen LogP contribution in [-0.2, 0) is 4.79 Å². The van der Waals surface area contributed by atoms with Gasteiger partial charge in [-0.05, 0) is 18.9 Å². The molecule has 64 valence electrons. The van der Waals surface area contributed by atoms with Crippen molar-refractivity contribution in [1.82, 2.24) is 5.32 Å². The van der Waals surface area contributed by atoms with E-state index in [0.29, 0.717) is 0 Å². The van der Waals surface area contributed by atoms with Crippen LogP contribution in [0.1, 0.15) is 12.8 Å². The van der Waals surface area contributed by atoms with Crippen LogP contribution >= 0.6 is 0 Å². The van der Waals surface area contributed by atoms with E-state index in [1.807, 2.05) is 0 Å². The van der Waals surface area contributed by atoms with Crippen molar-refractivity contribution in [3.63, 3.8) is 0 Å². The molecule has 0 saturated carbocycles. The van der Waals surface area contributed by atoms with Crippen LogP contribution in [0.4, 0.5) is 0 Å². The maximum absolute atomic E-state index is 10.3. The molecular formula is C7H14N2O2. The predicted molar refractivity (Wildman–Crippen MR) is 41.2 cm³/mol. The van der Waals surface area contributed by atoms with Crippen LogP contribution in [-0.4, -0.2) is 30.2 Å². The molecule has 1 heterocycles. The van der Waals surface area contributed by atoms with E-state index in [1.54, 1.807) is 0 Å². The molecule has 0 aliphatic carbocycles. The maximum Gasteiger partial charge on any atom is 0.303 e. The van der Waals surface area contributed by atoms with Gasteiger partial charge < -0.3 is 16.2 Å². The summed E-state index contributed by atoms with van der Waals surface area (Å²) in [6.45, 7) is 1.64. The molecule has 1 saturated heterocycles. The summed E-state index contributed by atoms with van der Waals surface area (Å²) in [5.41, 5.74) is 5.70. The SMILES string of the molecule is N[C@H]1CNCC[C@@H]1CC(=O)O. The Balaban J connectivity index is 2.35. The van der Waals surface area contributed by atoms with Crippen molar-refractivity contribution < 1.29 is 9.90 Å². The number of hydrogen-bond donors (Lipinski definition) is 3. The Bertz CT molecular complexity index is 149. The van der Waals surface area contributed by atoms with E-state index in [-0.39, 0.29) is 18.4 Å². The van der Waals surface area contributed by atoms with Crippen molar-refractivity contribution in [3.05, 3.63) is 0 Å². The van der Waals surface area contributed by atoms with Crippen LogP contribution in [0.3, 0.4) is 0 Å². The summed E-state index contributed by atoms with van der Waals surface area (Å²) in [6.07, 6.45) is 1.09. The molecule has 4 heteroatoms. The third-order valence-corrected chi connectivity index (χ3v) is 2.11. The second kappa shape index (κ2) is 3.69. The number of carbonyl (C=O) groups is 1. The van der Waals surface area contributed by atoms with Crippen LogP contribution in [0.2, 0.25) is 0 Å². The van der Waals surface area contributed by atoms with E-state index in [2.05, 4.69) is 5.32 Å². The number of piperidine rings is 1. The lowest BCUT2D eigenvalue weighted by Crippen LogP contribution is -2.46. The molecule has 1 aliphatic heterocycles. The highest BCUT2D eigenvalue weighted by Gasteiger charge is 2.23. The quantitative estimate of drug-likeness (QED) is 0.501. The van der Waals surface area contributed by atoms with E-state index in [9.17, 15) is 4.79 Å². The largest absolute Gasteiger partial charge is 0.481 e. The minimum absolute atomic E-state index is 0.0137. The van der Waals surface area contributed by atoms with Gasteiger partial charge in [0.05, 0.1) is 0 Å². The molecular weight excluding hydrogens is 144 g/mol. The fourth-order valence-electron chi connectivity index (χ4n) is 1.41. The molecule has 2 atom stereocenters. The number of aliphatic carboxylic acids is 1. The fourth-order valence-corrected chi connectivity index (χ4v) is 1.41. The Morgan fingerprint density at radius 2 is 2.45 bits per heavy atom. The summed E-state index contributed by atoms with van der Waals surface area (Å²) in [6, 6.07) is 0.0137. The van der Waals surface area contributed by atoms with E-state index < -0.39 is 5.97 Å². The van der Waals surface area contributed by atoms with Crippen LogP contribution in [0.25, 0.3) is 0 Å². The zero-order chi connectivity index (χ0) is 8.27. The van der Waals surface area contributed by atoms with Crippen molar-refractivity contribution in [3.8, 4) is 0 Å². The van der Waals surface area contributed by atoms with Gasteiger partial charge in [0.2, 0.25) is 0 Å². The van der Waals surface area contributed by atoms with Crippen molar-refractivity contribution >= 4 is 5.97 Å². The second-order valence-corrected chi connectivity index (χ2v) is 3.01. The molecule has 0 aromatic heterocycles. The fraction of sp³-hybridized carbons (Fsp3) is 0.857. The van der Waals surface area contributed by atoms with Crippen molar-refractivity contribution in [2.45, 2.75) is 18.9 Å². The summed E-state index contributed by atoms with van der Waals surface area (Å²) in [4.78, 5) is 10.3. The topological polar surface area (TPSA) is 75.3 Å². The molecule has 1 fully saturated rings. The first-order chi connectivity index (χ1) is 5.20. The molecule has 0 amide bonds. The lowest BCUT2D eigenvalue weighted by Gasteiger charge is -2.27. The van der Waals surface area contributed by atoms with Gasteiger partial charge in [0.25, 0.3) is 0 Å². The van der Waals surface area contributed by atoms with Crippen LogP contribution in [0, 0.1) is 5.92 Å². The molecule has 0 spiro atoms. The van der Waals surface area contributed by atoms with Gasteiger partial charge in [0, 0.05) is 19.0 Å². The average molecular weight is 158 g/mol. The van der Waals surface area contributed by atoms with Gasteiger partial charge >= 0.3 is 5.97 Å². The molecule has 0 unspecified atom stereocenters. The maximum atomic E-state index is 10.3. The highest BCUT2D eigenvalue weighted by molar-refractivity contribution is 5.67. The van der Waals surface area contributed by atoms with Gasteiger partial charge in [0.1, 0.15) is 0 Å². The van der Waals surface area contributed by atoms with Gasteiger partial charge in [-0.3, -0.25) is 4.79 Å². The number of carboxylic acid groups (broad SMARTS) is 1. The summed E-state index contributed by atoms with van der Waals surface area (Å²) in [5.74, 6) is -0.582. The Morgan fingerprint density at radius 1 is 1.73 bits per heavy atom. The van der Waals surface area contributed by atoms with Crippen LogP contribution in [0.5, 0.6) is 0 Å². The Labute approximate surface area is 65.8 Å². The lowest BCUT2D eigenvalue weighted by atomic mass is 9.90. The Hall–Kier alpha value is -0.610. The third-order valence-electron chi connectivity index (χ3n) is 2.11. The summed E-state index contributed by atoms with van der Waals surface area (Å²) in [5, 5.41) is 11.6. The minimum Gasteiger partial charge on any atom is -0.481 e. The second-order valence-electron chi connectivity index (χ2n) is 3.01. The Morgan fingerprint density at radius 3 is 3.00 bits per heavy atom. The van der Waals surface area contributed by atoms with Crippen LogP contribution < -0.4 is 11.1 Å². The zero-order valence-electron chi connectivity index (χ0n) is 6.42. The Kier molecular flexibility index (Phi) is 2.84. The number of hydrogen-bond acceptors (Lipinski definition) is 3. The van der Waals surface area contributed by atoms with Crippen LogP contribution in [0.15, 0.2) is 0 Å². The molecule has 1 aliphatic rings. The van der Waals surface area contributed by atoms with Gasteiger partial charge in [-0.1, -0.05) is 0 Å². The number of nitrogens with one attached hydrogen (secondary N) is 1. The summed E-state index contributed by atoms with van der Waals surface area (Å²) >= 11 is 0. The highest BCUT2D eigenvalue weighted by atomic mass is 16.4. The minimum atomic E-state index is -0.743. The van der Waals surface area contributed by atoms with E-state index >= 15 is 0 Å². The first-order valence-electron chi connectivity index (χ1n) is 3.88. The van der Waals surface area contributed by atoms with Gasteiger partial charge in [-0.15, -0.1) is 0 Å². The molecule has 0 radical (unpaired) electrons. The molecule has 1 rings (SSSR count). The molecule has 4 N–H and O–H groups in total. The third kappa shape index (κ3) is 2.48. The zero-order valence-corrected chi connectivity index (χ0v) is 6.42. The van der Waals surface area contributed by atoms with Crippen molar-refractivity contribution in [1.29, 1.82) is 0 Å². The summed E-state index contributed by atoms with van der Waals surface area (Å²) in [7, 11) is 0. The first kappa shape index (κ1) is 8.49. The van der Waals surface area contributed by atoms with Crippen molar-refractivity contribution in [2.24, 2.45) is 11.7 Å². The molecule has 11 heavy (non-hydrogen) atoms. The first-order valence-corrected chi connectivity index (χ1v) is 3.88. The highest BCUT2D eigenvalue weighted by Crippen LogP contribution is 2.14. The van der Waals surface area contributed by atoms with E-state index in [1.165, 1.54) is 0 Å².